The van der Waals surface area contributed by atoms with Gasteiger partial charge in [0.05, 0.1) is 16.8 Å². The van der Waals surface area contributed by atoms with E-state index in [9.17, 15) is 0 Å². The fourth-order valence-corrected chi connectivity index (χ4v) is 2.86. The highest BCUT2D eigenvalue weighted by Gasteiger charge is 2.13. The Kier molecular flexibility index (Phi) is 4.47. The van der Waals surface area contributed by atoms with Crippen molar-refractivity contribution in [3.63, 3.8) is 0 Å². The summed E-state index contributed by atoms with van der Waals surface area (Å²) in [4.78, 5) is 5.84. The Morgan fingerprint density at radius 1 is 1.33 bits per heavy atom. The Morgan fingerprint density at radius 2 is 2.06 bits per heavy atom. The molecule has 0 aliphatic rings. The van der Waals surface area contributed by atoms with Crippen LogP contribution < -0.4 is 5.73 Å². The summed E-state index contributed by atoms with van der Waals surface area (Å²) >= 11 is 1.68. The van der Waals surface area contributed by atoms with Crippen LogP contribution in [0.2, 0.25) is 0 Å². The molecule has 0 saturated heterocycles. The fourth-order valence-electron chi connectivity index (χ4n) is 1.78. The van der Waals surface area contributed by atoms with E-state index in [1.54, 1.807) is 18.4 Å². The van der Waals surface area contributed by atoms with Crippen molar-refractivity contribution in [2.45, 2.75) is 26.0 Å². The summed E-state index contributed by atoms with van der Waals surface area (Å²) in [5.74, 6) is 0. The fraction of sp³-hybridized carbons (Fsp3) is 0.357. The first kappa shape index (κ1) is 13.2. The third kappa shape index (κ3) is 2.96. The predicted molar refractivity (Wildman–Crippen MR) is 75.6 cm³/mol. The second-order valence-electron chi connectivity index (χ2n) is 4.20. The van der Waals surface area contributed by atoms with Crippen LogP contribution in [-0.2, 0) is 17.7 Å². The van der Waals surface area contributed by atoms with Crippen molar-refractivity contribution in [3.05, 3.63) is 40.2 Å². The van der Waals surface area contributed by atoms with Gasteiger partial charge in [-0.1, -0.05) is 30.3 Å². The molecule has 4 heteroatoms. The molecule has 1 aromatic carbocycles. The summed E-state index contributed by atoms with van der Waals surface area (Å²) in [5, 5.41) is 1.09. The van der Waals surface area contributed by atoms with E-state index in [2.05, 4.69) is 12.1 Å². The van der Waals surface area contributed by atoms with Crippen LogP contribution in [-0.4, -0.2) is 18.2 Å². The topological polar surface area (TPSA) is 48.1 Å². The van der Waals surface area contributed by atoms with Crippen LogP contribution in [0.1, 0.15) is 16.8 Å². The minimum absolute atomic E-state index is 0.186. The molecule has 1 heterocycles. The third-order valence-electron chi connectivity index (χ3n) is 2.84. The van der Waals surface area contributed by atoms with Crippen molar-refractivity contribution in [1.82, 2.24) is 4.98 Å². The van der Waals surface area contributed by atoms with E-state index in [1.807, 2.05) is 25.1 Å². The van der Waals surface area contributed by atoms with Crippen LogP contribution in [0.5, 0.6) is 0 Å². The number of aromatic nitrogens is 1. The first-order valence-corrected chi connectivity index (χ1v) is 6.83. The van der Waals surface area contributed by atoms with Gasteiger partial charge >= 0.3 is 0 Å². The van der Waals surface area contributed by atoms with Crippen LogP contribution >= 0.6 is 11.3 Å². The van der Waals surface area contributed by atoms with Gasteiger partial charge in [-0.05, 0) is 6.92 Å². The second-order valence-corrected chi connectivity index (χ2v) is 5.37. The molecular formula is C14H18N2OS. The van der Waals surface area contributed by atoms with Gasteiger partial charge in [-0.2, -0.15) is 0 Å². The molecule has 0 bridgehead atoms. The SMILES string of the molecule is COC(C)Cc1nc(-c2ccccc2)c(CN)s1. The average Bonchev–Trinajstić information content (AvgIpc) is 2.82. The second kappa shape index (κ2) is 6.09. The molecular weight excluding hydrogens is 244 g/mol. The highest BCUT2D eigenvalue weighted by atomic mass is 32.1. The Bertz CT molecular complexity index is 496. The highest BCUT2D eigenvalue weighted by Crippen LogP contribution is 2.28. The summed E-state index contributed by atoms with van der Waals surface area (Å²) < 4.78 is 5.28. The summed E-state index contributed by atoms with van der Waals surface area (Å²) in [5.41, 5.74) is 7.95. The van der Waals surface area contributed by atoms with Gasteiger partial charge in [0, 0.05) is 30.5 Å². The van der Waals surface area contributed by atoms with E-state index in [1.165, 1.54) is 0 Å². The highest BCUT2D eigenvalue weighted by molar-refractivity contribution is 7.12. The quantitative estimate of drug-likeness (QED) is 0.901. The standard InChI is InChI=1S/C14H18N2OS/c1-10(17-2)8-13-16-14(12(9-15)18-13)11-6-4-3-5-7-11/h3-7,10H,8-9,15H2,1-2H3. The number of hydrogen-bond donors (Lipinski definition) is 1. The minimum atomic E-state index is 0.186. The Hall–Kier alpha value is -1.23. The molecule has 0 spiro atoms. The molecule has 0 fully saturated rings. The lowest BCUT2D eigenvalue weighted by Crippen LogP contribution is -2.08. The van der Waals surface area contributed by atoms with Crippen molar-refractivity contribution in [2.24, 2.45) is 5.73 Å². The minimum Gasteiger partial charge on any atom is -0.381 e. The van der Waals surface area contributed by atoms with Crippen LogP contribution in [0.4, 0.5) is 0 Å². The summed E-state index contributed by atoms with van der Waals surface area (Å²) in [6.07, 6.45) is 1.02. The van der Waals surface area contributed by atoms with Gasteiger partial charge in [0.25, 0.3) is 0 Å². The Morgan fingerprint density at radius 3 is 2.67 bits per heavy atom. The van der Waals surface area contributed by atoms with Gasteiger partial charge in [0.2, 0.25) is 0 Å². The molecule has 0 radical (unpaired) electrons. The maximum atomic E-state index is 5.80. The number of nitrogens with zero attached hydrogens (tertiary/aromatic N) is 1. The monoisotopic (exact) mass is 262 g/mol. The smallest absolute Gasteiger partial charge is 0.0961 e. The first-order valence-electron chi connectivity index (χ1n) is 6.01. The predicted octanol–water partition coefficient (Wildman–Crippen LogP) is 2.85. The molecule has 1 unspecified atom stereocenters. The zero-order valence-electron chi connectivity index (χ0n) is 10.7. The van der Waals surface area contributed by atoms with Gasteiger partial charge in [-0.3, -0.25) is 0 Å². The molecule has 2 aromatic rings. The molecule has 1 atom stereocenters. The molecule has 0 amide bonds. The lowest BCUT2D eigenvalue weighted by Gasteiger charge is -2.05. The average molecular weight is 262 g/mol. The molecule has 96 valence electrons. The number of ether oxygens (including phenoxy) is 1. The summed E-state index contributed by atoms with van der Waals surface area (Å²) in [6, 6.07) is 10.2. The van der Waals surface area contributed by atoms with Crippen molar-refractivity contribution >= 4 is 11.3 Å². The molecule has 3 nitrogen and oxygen atoms in total. The molecule has 0 aliphatic heterocycles. The lowest BCUT2D eigenvalue weighted by molar-refractivity contribution is 0.119. The Balaban J connectivity index is 2.30. The number of benzene rings is 1. The van der Waals surface area contributed by atoms with E-state index in [4.69, 9.17) is 15.5 Å². The third-order valence-corrected chi connectivity index (χ3v) is 3.94. The Labute approximate surface area is 112 Å². The molecule has 2 N–H and O–H groups in total. The van der Waals surface area contributed by atoms with E-state index in [0.29, 0.717) is 6.54 Å². The molecule has 18 heavy (non-hydrogen) atoms. The number of thiazole rings is 1. The van der Waals surface area contributed by atoms with Gasteiger partial charge in [-0.25, -0.2) is 4.98 Å². The maximum Gasteiger partial charge on any atom is 0.0961 e. The number of rotatable bonds is 5. The van der Waals surface area contributed by atoms with Crippen molar-refractivity contribution < 1.29 is 4.74 Å². The van der Waals surface area contributed by atoms with E-state index >= 15 is 0 Å². The van der Waals surface area contributed by atoms with Crippen LogP contribution in [0, 0.1) is 0 Å². The van der Waals surface area contributed by atoms with Crippen LogP contribution in [0.15, 0.2) is 30.3 Å². The number of hydrogen-bond acceptors (Lipinski definition) is 4. The van der Waals surface area contributed by atoms with Crippen LogP contribution in [0.25, 0.3) is 11.3 Å². The van der Waals surface area contributed by atoms with Crippen molar-refractivity contribution in [3.8, 4) is 11.3 Å². The van der Waals surface area contributed by atoms with E-state index in [-0.39, 0.29) is 6.10 Å². The zero-order chi connectivity index (χ0) is 13.0. The van der Waals surface area contributed by atoms with Gasteiger partial charge in [-0.15, -0.1) is 11.3 Å². The van der Waals surface area contributed by atoms with E-state index in [0.717, 1.165) is 27.6 Å². The normalized spacial score (nSPS) is 12.6. The molecule has 0 saturated carbocycles. The maximum absolute atomic E-state index is 5.80. The van der Waals surface area contributed by atoms with E-state index < -0.39 is 0 Å². The zero-order valence-corrected chi connectivity index (χ0v) is 11.5. The van der Waals surface area contributed by atoms with Crippen LogP contribution in [0.3, 0.4) is 0 Å². The first-order chi connectivity index (χ1) is 8.74. The molecule has 0 aliphatic carbocycles. The molecule has 2 rings (SSSR count). The molecule has 1 aromatic heterocycles. The van der Waals surface area contributed by atoms with Gasteiger partial charge < -0.3 is 10.5 Å². The van der Waals surface area contributed by atoms with Crippen molar-refractivity contribution in [1.29, 1.82) is 0 Å². The number of methoxy groups -OCH3 is 1. The lowest BCUT2D eigenvalue weighted by atomic mass is 10.1. The summed E-state index contributed by atoms with van der Waals surface area (Å²) in [6.45, 7) is 2.58. The number of nitrogens with two attached hydrogens (primary N) is 1. The van der Waals surface area contributed by atoms with Crippen molar-refractivity contribution in [2.75, 3.05) is 7.11 Å². The largest absolute Gasteiger partial charge is 0.381 e. The van der Waals surface area contributed by atoms with Gasteiger partial charge in [0.15, 0.2) is 0 Å². The summed E-state index contributed by atoms with van der Waals surface area (Å²) in [7, 11) is 1.72. The van der Waals surface area contributed by atoms with Gasteiger partial charge in [0.1, 0.15) is 0 Å².